The van der Waals surface area contributed by atoms with Gasteiger partial charge in [0.2, 0.25) is 0 Å². The summed E-state index contributed by atoms with van der Waals surface area (Å²) in [5.74, 6) is 0.485. The van der Waals surface area contributed by atoms with Gasteiger partial charge in [-0.3, -0.25) is 4.79 Å². The van der Waals surface area contributed by atoms with E-state index < -0.39 is 0 Å². The van der Waals surface area contributed by atoms with Crippen molar-refractivity contribution in [1.29, 1.82) is 0 Å². The van der Waals surface area contributed by atoms with Crippen LogP contribution in [0.2, 0.25) is 10.0 Å². The Morgan fingerprint density at radius 2 is 2.05 bits per heavy atom. The monoisotopic (exact) mass is 338 g/mol. The molecule has 20 heavy (non-hydrogen) atoms. The lowest BCUT2D eigenvalue weighted by Crippen LogP contribution is -2.53. The Kier molecular flexibility index (Phi) is 6.89. The van der Waals surface area contributed by atoms with Crippen LogP contribution < -0.4 is 10.1 Å². The summed E-state index contributed by atoms with van der Waals surface area (Å²) in [7, 11) is 0. The first-order valence-corrected chi connectivity index (χ1v) is 6.91. The molecule has 1 aliphatic rings. The molecule has 1 heterocycles. The van der Waals surface area contributed by atoms with E-state index in [1.54, 1.807) is 18.2 Å². The molecule has 1 fully saturated rings. The summed E-state index contributed by atoms with van der Waals surface area (Å²) in [6, 6.07) is 5.09. The van der Waals surface area contributed by atoms with E-state index in [0.29, 0.717) is 22.3 Å². The van der Waals surface area contributed by atoms with Gasteiger partial charge in [-0.15, -0.1) is 12.4 Å². The van der Waals surface area contributed by atoms with E-state index in [9.17, 15) is 4.79 Å². The van der Waals surface area contributed by atoms with Gasteiger partial charge in [0.15, 0.2) is 6.61 Å². The Morgan fingerprint density at radius 3 is 2.65 bits per heavy atom. The SMILES string of the molecule is C[C@H]1CNCCN1C(=O)COc1cc(Cl)cc(Cl)c1.Cl. The molecular weight excluding hydrogens is 323 g/mol. The van der Waals surface area contributed by atoms with Crippen LogP contribution in [0.25, 0.3) is 0 Å². The maximum absolute atomic E-state index is 12.1. The molecule has 1 saturated heterocycles. The van der Waals surface area contributed by atoms with Gasteiger partial charge in [-0.2, -0.15) is 0 Å². The van der Waals surface area contributed by atoms with Gasteiger partial charge in [0.25, 0.3) is 5.91 Å². The first-order chi connectivity index (χ1) is 9.06. The molecule has 1 amide bonds. The van der Waals surface area contributed by atoms with Crippen molar-refractivity contribution in [3.63, 3.8) is 0 Å². The Balaban J connectivity index is 0.00000200. The lowest BCUT2D eigenvalue weighted by molar-refractivity contribution is -0.136. The summed E-state index contributed by atoms with van der Waals surface area (Å²) in [6.07, 6.45) is 0. The quantitative estimate of drug-likeness (QED) is 0.920. The second-order valence-corrected chi connectivity index (χ2v) is 5.41. The first kappa shape index (κ1) is 17.4. The van der Waals surface area contributed by atoms with Gasteiger partial charge in [0.05, 0.1) is 0 Å². The lowest BCUT2D eigenvalue weighted by Gasteiger charge is -2.33. The highest BCUT2D eigenvalue weighted by molar-refractivity contribution is 6.34. The van der Waals surface area contributed by atoms with E-state index in [2.05, 4.69) is 5.32 Å². The molecule has 1 aliphatic heterocycles. The van der Waals surface area contributed by atoms with Gasteiger partial charge in [-0.1, -0.05) is 23.2 Å². The third-order valence-corrected chi connectivity index (χ3v) is 3.46. The molecule has 112 valence electrons. The number of carbonyl (C=O) groups is 1. The van der Waals surface area contributed by atoms with Crippen LogP contribution in [0.5, 0.6) is 5.75 Å². The Labute approximate surface area is 134 Å². The number of benzene rings is 1. The zero-order chi connectivity index (χ0) is 13.8. The van der Waals surface area contributed by atoms with Crippen LogP contribution in [-0.2, 0) is 4.79 Å². The van der Waals surface area contributed by atoms with Crippen molar-refractivity contribution in [3.05, 3.63) is 28.2 Å². The second-order valence-electron chi connectivity index (χ2n) is 4.53. The smallest absolute Gasteiger partial charge is 0.260 e. The Morgan fingerprint density at radius 1 is 1.40 bits per heavy atom. The van der Waals surface area contributed by atoms with E-state index in [-0.39, 0.29) is 31.0 Å². The average Bonchev–Trinajstić information content (AvgIpc) is 2.35. The molecule has 1 atom stereocenters. The highest BCUT2D eigenvalue weighted by Gasteiger charge is 2.23. The number of nitrogens with one attached hydrogen (secondary N) is 1. The maximum Gasteiger partial charge on any atom is 0.260 e. The topological polar surface area (TPSA) is 41.6 Å². The van der Waals surface area contributed by atoms with Gasteiger partial charge >= 0.3 is 0 Å². The number of halogens is 3. The predicted molar refractivity (Wildman–Crippen MR) is 83.2 cm³/mol. The van der Waals surface area contributed by atoms with Gasteiger partial charge in [-0.25, -0.2) is 0 Å². The molecule has 7 heteroatoms. The van der Waals surface area contributed by atoms with Crippen molar-refractivity contribution in [2.24, 2.45) is 0 Å². The van der Waals surface area contributed by atoms with E-state index >= 15 is 0 Å². The number of amides is 1. The highest BCUT2D eigenvalue weighted by atomic mass is 35.5. The standard InChI is InChI=1S/C13H16Cl2N2O2.ClH/c1-9-7-16-2-3-17(9)13(18)8-19-12-5-10(14)4-11(15)6-12;/h4-6,9,16H,2-3,7-8H2,1H3;1H/t9-;/m0./s1. The van der Waals surface area contributed by atoms with Crippen molar-refractivity contribution in [2.75, 3.05) is 26.2 Å². The third-order valence-electron chi connectivity index (χ3n) is 3.02. The fraction of sp³-hybridized carbons (Fsp3) is 0.462. The zero-order valence-electron chi connectivity index (χ0n) is 11.1. The fourth-order valence-corrected chi connectivity index (χ4v) is 2.56. The van der Waals surface area contributed by atoms with Gasteiger partial charge in [-0.05, 0) is 25.1 Å². The molecule has 0 spiro atoms. The number of carbonyl (C=O) groups excluding carboxylic acids is 1. The van der Waals surface area contributed by atoms with E-state index in [1.165, 1.54) is 0 Å². The minimum Gasteiger partial charge on any atom is -0.484 e. The number of nitrogens with zero attached hydrogens (tertiary/aromatic N) is 1. The normalized spacial score (nSPS) is 18.4. The number of hydrogen-bond acceptors (Lipinski definition) is 3. The summed E-state index contributed by atoms with van der Waals surface area (Å²) in [5, 5.41) is 4.22. The summed E-state index contributed by atoms with van der Waals surface area (Å²) >= 11 is 11.7. The van der Waals surface area contributed by atoms with E-state index in [4.69, 9.17) is 27.9 Å². The summed E-state index contributed by atoms with van der Waals surface area (Å²) < 4.78 is 5.45. The molecule has 0 aliphatic carbocycles. The summed E-state index contributed by atoms with van der Waals surface area (Å²) in [5.41, 5.74) is 0. The molecule has 0 unspecified atom stereocenters. The molecule has 0 saturated carbocycles. The second kappa shape index (κ2) is 7.93. The Hall–Kier alpha value is -0.680. The van der Waals surface area contributed by atoms with Crippen molar-refractivity contribution in [1.82, 2.24) is 10.2 Å². The van der Waals surface area contributed by atoms with Crippen LogP contribution in [0.3, 0.4) is 0 Å². The molecule has 1 aromatic carbocycles. The third kappa shape index (κ3) is 4.70. The molecule has 0 radical (unpaired) electrons. The average molecular weight is 340 g/mol. The van der Waals surface area contributed by atoms with Gasteiger partial charge < -0.3 is 15.0 Å². The molecule has 0 bridgehead atoms. The van der Waals surface area contributed by atoms with Crippen LogP contribution in [0.1, 0.15) is 6.92 Å². The molecule has 1 aromatic rings. The maximum atomic E-state index is 12.1. The summed E-state index contributed by atoms with van der Waals surface area (Å²) in [6.45, 7) is 4.36. The number of piperazine rings is 1. The Bertz CT molecular complexity index is 451. The number of ether oxygens (including phenoxy) is 1. The molecule has 2 rings (SSSR count). The summed E-state index contributed by atoms with van der Waals surface area (Å²) in [4.78, 5) is 13.9. The van der Waals surface area contributed by atoms with Crippen molar-refractivity contribution < 1.29 is 9.53 Å². The van der Waals surface area contributed by atoms with Crippen LogP contribution >= 0.6 is 35.6 Å². The largest absolute Gasteiger partial charge is 0.484 e. The van der Waals surface area contributed by atoms with E-state index in [1.807, 2.05) is 11.8 Å². The van der Waals surface area contributed by atoms with Crippen LogP contribution in [0, 0.1) is 0 Å². The lowest BCUT2D eigenvalue weighted by atomic mass is 10.2. The highest BCUT2D eigenvalue weighted by Crippen LogP contribution is 2.24. The molecule has 1 N–H and O–H groups in total. The van der Waals surface area contributed by atoms with E-state index in [0.717, 1.165) is 13.1 Å². The minimum absolute atomic E-state index is 0. The van der Waals surface area contributed by atoms with Crippen molar-refractivity contribution in [3.8, 4) is 5.75 Å². The van der Waals surface area contributed by atoms with Gasteiger partial charge in [0.1, 0.15) is 5.75 Å². The van der Waals surface area contributed by atoms with Gasteiger partial charge in [0, 0.05) is 35.7 Å². The van der Waals surface area contributed by atoms with Crippen molar-refractivity contribution >= 4 is 41.5 Å². The van der Waals surface area contributed by atoms with Crippen LogP contribution in [0.4, 0.5) is 0 Å². The molecule has 4 nitrogen and oxygen atoms in total. The number of hydrogen-bond donors (Lipinski definition) is 1. The van der Waals surface area contributed by atoms with Crippen molar-refractivity contribution in [2.45, 2.75) is 13.0 Å². The molecular formula is C13H17Cl3N2O2. The predicted octanol–water partition coefficient (Wildman–Crippen LogP) is 2.61. The van der Waals surface area contributed by atoms with Crippen LogP contribution in [0.15, 0.2) is 18.2 Å². The van der Waals surface area contributed by atoms with Crippen LogP contribution in [-0.4, -0.2) is 43.1 Å². The molecule has 0 aromatic heterocycles. The zero-order valence-corrected chi connectivity index (χ0v) is 13.4. The first-order valence-electron chi connectivity index (χ1n) is 6.15. The fourth-order valence-electron chi connectivity index (χ4n) is 2.05. The minimum atomic E-state index is -0.0231. The number of rotatable bonds is 3.